The van der Waals surface area contributed by atoms with Gasteiger partial charge in [0.1, 0.15) is 7.85 Å². The van der Waals surface area contributed by atoms with Gasteiger partial charge in [0.15, 0.2) is 0 Å². The Hall–Kier alpha value is -0.0151. The lowest BCUT2D eigenvalue weighted by molar-refractivity contribution is 0.217. The van der Waals surface area contributed by atoms with Gasteiger partial charge in [-0.15, -0.1) is 0 Å². The zero-order chi connectivity index (χ0) is 10.6. The van der Waals surface area contributed by atoms with Crippen molar-refractivity contribution in [2.75, 3.05) is 20.0 Å². The highest BCUT2D eigenvalue weighted by Gasteiger charge is 2.25. The summed E-state index contributed by atoms with van der Waals surface area (Å²) in [6.45, 7) is 5.90. The average Bonchev–Trinajstić information content (AvgIpc) is 2.61. The van der Waals surface area contributed by atoms with Gasteiger partial charge in [0.25, 0.3) is 0 Å². The van der Waals surface area contributed by atoms with Crippen LogP contribution in [0.5, 0.6) is 0 Å². The number of hydrogen-bond donors (Lipinski definition) is 1. The molecule has 0 aromatic carbocycles. The molecular weight excluding hydrogens is 171 g/mol. The van der Waals surface area contributed by atoms with Crippen molar-refractivity contribution in [2.45, 2.75) is 45.2 Å². The minimum atomic E-state index is 0.702. The molecule has 0 aromatic heterocycles. The van der Waals surface area contributed by atoms with Crippen molar-refractivity contribution in [2.24, 2.45) is 5.92 Å². The van der Waals surface area contributed by atoms with Crippen LogP contribution in [-0.4, -0.2) is 44.9 Å². The molecule has 1 rings (SSSR count). The Morgan fingerprint density at radius 2 is 2.14 bits per heavy atom. The molecule has 2 nitrogen and oxygen atoms in total. The van der Waals surface area contributed by atoms with Gasteiger partial charge in [0, 0.05) is 18.6 Å². The lowest BCUT2D eigenvalue weighted by Crippen LogP contribution is -2.36. The van der Waals surface area contributed by atoms with Gasteiger partial charge in [-0.1, -0.05) is 0 Å². The molecule has 1 N–H and O–H groups in total. The summed E-state index contributed by atoms with van der Waals surface area (Å²) in [7, 11) is 4.36. The summed E-state index contributed by atoms with van der Waals surface area (Å²) in [6, 6.07) is 1.49. The fourth-order valence-corrected chi connectivity index (χ4v) is 2.54. The van der Waals surface area contributed by atoms with E-state index in [4.69, 9.17) is 0 Å². The third-order valence-corrected chi connectivity index (χ3v) is 3.58. The highest BCUT2D eigenvalue weighted by atomic mass is 15.1. The van der Waals surface area contributed by atoms with Gasteiger partial charge in [0.05, 0.1) is 0 Å². The monoisotopic (exact) mass is 196 g/mol. The van der Waals surface area contributed by atoms with Gasteiger partial charge in [-0.2, -0.15) is 0 Å². The van der Waals surface area contributed by atoms with Crippen LogP contribution in [0.25, 0.3) is 0 Å². The molecule has 0 unspecified atom stereocenters. The Morgan fingerprint density at radius 3 is 2.57 bits per heavy atom. The van der Waals surface area contributed by atoms with E-state index in [9.17, 15) is 0 Å². The molecule has 1 fully saturated rings. The van der Waals surface area contributed by atoms with Crippen LogP contribution in [0.1, 0.15) is 33.1 Å². The molecule has 0 bridgehead atoms. The number of nitrogens with one attached hydrogen (secondary N) is 1. The lowest BCUT2D eigenvalue weighted by atomic mass is 10.0. The molecule has 0 spiro atoms. The Kier molecular flexibility index (Phi) is 4.97. The predicted molar refractivity (Wildman–Crippen MR) is 65.4 cm³/mol. The SMILES string of the molecule is BCN(C[C@H]1CC[C@H](NC)C1)C(C)C. The van der Waals surface area contributed by atoms with E-state index in [1.165, 1.54) is 32.3 Å². The van der Waals surface area contributed by atoms with Crippen LogP contribution in [0.4, 0.5) is 0 Å². The molecule has 0 radical (unpaired) electrons. The highest BCUT2D eigenvalue weighted by Crippen LogP contribution is 2.26. The fourth-order valence-electron chi connectivity index (χ4n) is 2.54. The summed E-state index contributed by atoms with van der Waals surface area (Å²) in [4.78, 5) is 2.59. The summed E-state index contributed by atoms with van der Waals surface area (Å²) in [5, 5.41) is 3.40. The maximum absolute atomic E-state index is 3.40. The van der Waals surface area contributed by atoms with E-state index in [-0.39, 0.29) is 0 Å². The third-order valence-electron chi connectivity index (χ3n) is 3.58. The van der Waals surface area contributed by atoms with Crippen LogP contribution in [-0.2, 0) is 0 Å². The Labute approximate surface area is 89.8 Å². The molecule has 1 aliphatic rings. The van der Waals surface area contributed by atoms with Crippen LogP contribution >= 0.6 is 0 Å². The first-order chi connectivity index (χ1) is 6.67. The van der Waals surface area contributed by atoms with Gasteiger partial charge in [0.2, 0.25) is 0 Å². The predicted octanol–water partition coefficient (Wildman–Crippen LogP) is 0.675. The Morgan fingerprint density at radius 1 is 1.43 bits per heavy atom. The van der Waals surface area contributed by atoms with Crippen molar-refractivity contribution >= 4 is 7.85 Å². The number of rotatable bonds is 5. The Bertz CT molecular complexity index is 161. The number of nitrogens with zero attached hydrogens (tertiary/aromatic N) is 1. The van der Waals surface area contributed by atoms with Gasteiger partial charge in [-0.3, -0.25) is 0 Å². The molecule has 3 heteroatoms. The smallest absolute Gasteiger partial charge is 0.119 e. The third kappa shape index (κ3) is 3.28. The minimum Gasteiger partial charge on any atom is -0.317 e. The van der Waals surface area contributed by atoms with Gasteiger partial charge in [-0.05, 0) is 52.5 Å². The van der Waals surface area contributed by atoms with E-state index in [1.807, 2.05) is 0 Å². The molecule has 0 saturated heterocycles. The second kappa shape index (κ2) is 5.77. The van der Waals surface area contributed by atoms with E-state index in [1.54, 1.807) is 0 Å². The summed E-state index contributed by atoms with van der Waals surface area (Å²) < 4.78 is 0. The van der Waals surface area contributed by atoms with E-state index in [0.29, 0.717) is 6.04 Å². The fraction of sp³-hybridized carbons (Fsp3) is 1.00. The molecule has 1 aliphatic carbocycles. The van der Waals surface area contributed by atoms with Crippen molar-refractivity contribution in [3.8, 4) is 0 Å². The van der Waals surface area contributed by atoms with Crippen LogP contribution < -0.4 is 5.32 Å². The van der Waals surface area contributed by atoms with Crippen molar-refractivity contribution in [3.63, 3.8) is 0 Å². The zero-order valence-electron chi connectivity index (χ0n) is 10.2. The standard InChI is InChI=1S/C11H25BN2/c1-9(2)14(8-12)7-10-4-5-11(6-10)13-3/h9-11,13H,4-8,12H2,1-3H3/t10-,11-/m0/s1. The van der Waals surface area contributed by atoms with Crippen LogP contribution in [0.15, 0.2) is 0 Å². The first kappa shape index (κ1) is 12.1. The van der Waals surface area contributed by atoms with Gasteiger partial charge < -0.3 is 10.2 Å². The van der Waals surface area contributed by atoms with Crippen LogP contribution in [0.3, 0.4) is 0 Å². The Balaban J connectivity index is 2.30. The van der Waals surface area contributed by atoms with Crippen molar-refractivity contribution in [1.29, 1.82) is 0 Å². The van der Waals surface area contributed by atoms with Crippen molar-refractivity contribution in [1.82, 2.24) is 10.2 Å². The summed E-state index contributed by atoms with van der Waals surface area (Å²) >= 11 is 0. The molecule has 0 amide bonds. The second-order valence-electron chi connectivity index (χ2n) is 4.85. The molecular formula is C11H25BN2. The van der Waals surface area contributed by atoms with E-state index in [2.05, 4.69) is 39.0 Å². The second-order valence-corrected chi connectivity index (χ2v) is 4.85. The van der Waals surface area contributed by atoms with Crippen LogP contribution in [0.2, 0.25) is 0 Å². The molecule has 0 aromatic rings. The maximum atomic E-state index is 3.40. The minimum absolute atomic E-state index is 0.702. The van der Waals surface area contributed by atoms with Crippen LogP contribution in [0, 0.1) is 5.92 Å². The maximum Gasteiger partial charge on any atom is 0.119 e. The summed E-state index contributed by atoms with van der Waals surface area (Å²) in [5.41, 5.74) is 0. The molecule has 82 valence electrons. The lowest BCUT2D eigenvalue weighted by Gasteiger charge is -2.28. The molecule has 1 saturated carbocycles. The van der Waals surface area contributed by atoms with E-state index >= 15 is 0 Å². The summed E-state index contributed by atoms with van der Waals surface area (Å²) in [5.74, 6) is 0.926. The molecule has 14 heavy (non-hydrogen) atoms. The van der Waals surface area contributed by atoms with Gasteiger partial charge in [-0.25, -0.2) is 0 Å². The topological polar surface area (TPSA) is 15.3 Å². The molecule has 0 heterocycles. The summed E-state index contributed by atoms with van der Waals surface area (Å²) in [6.07, 6.45) is 5.35. The normalized spacial score (nSPS) is 27.8. The molecule has 0 aliphatic heterocycles. The van der Waals surface area contributed by atoms with Crippen molar-refractivity contribution in [3.05, 3.63) is 0 Å². The quantitative estimate of drug-likeness (QED) is 0.650. The zero-order valence-corrected chi connectivity index (χ0v) is 10.2. The van der Waals surface area contributed by atoms with Crippen molar-refractivity contribution < 1.29 is 0 Å². The highest BCUT2D eigenvalue weighted by molar-refractivity contribution is 6.08. The van der Waals surface area contributed by atoms with E-state index < -0.39 is 0 Å². The van der Waals surface area contributed by atoms with Gasteiger partial charge >= 0.3 is 0 Å². The van der Waals surface area contributed by atoms with E-state index in [0.717, 1.165) is 12.0 Å². The first-order valence-electron chi connectivity index (χ1n) is 6.08. The average molecular weight is 196 g/mol. The molecule has 2 atom stereocenters. The first-order valence-corrected chi connectivity index (χ1v) is 6.08. The largest absolute Gasteiger partial charge is 0.317 e. The number of hydrogen-bond acceptors (Lipinski definition) is 2.